The van der Waals surface area contributed by atoms with E-state index in [0.29, 0.717) is 13.2 Å². The van der Waals surface area contributed by atoms with Gasteiger partial charge in [-0.2, -0.15) is 4.39 Å². The smallest absolute Gasteiger partial charge is 0.305 e. The highest BCUT2D eigenvalue weighted by atomic mass is 19.1. The van der Waals surface area contributed by atoms with Crippen molar-refractivity contribution in [3.05, 3.63) is 39.7 Å². The lowest BCUT2D eigenvalue weighted by atomic mass is 10.2. The molecule has 0 aromatic heterocycles. The molecule has 8 heteroatoms. The first-order valence-electron chi connectivity index (χ1n) is 5.94. The van der Waals surface area contributed by atoms with Crippen molar-refractivity contribution in [1.82, 2.24) is 10.6 Å². The fourth-order valence-corrected chi connectivity index (χ4v) is 1.51. The molecule has 0 atom stereocenters. The van der Waals surface area contributed by atoms with Gasteiger partial charge in [-0.1, -0.05) is 12.1 Å². The number of nitrogens with one attached hydrogen (secondary N) is 2. The van der Waals surface area contributed by atoms with Gasteiger partial charge < -0.3 is 15.4 Å². The van der Waals surface area contributed by atoms with Crippen LogP contribution >= 0.6 is 0 Å². The summed E-state index contributed by atoms with van der Waals surface area (Å²) in [5, 5.41) is 15.9. The summed E-state index contributed by atoms with van der Waals surface area (Å²) in [5.41, 5.74) is -0.433. The second-order valence-electron chi connectivity index (χ2n) is 3.95. The van der Waals surface area contributed by atoms with Gasteiger partial charge in [-0.3, -0.25) is 14.9 Å². The van der Waals surface area contributed by atoms with E-state index in [4.69, 9.17) is 4.74 Å². The summed E-state index contributed by atoms with van der Waals surface area (Å²) >= 11 is 0. The van der Waals surface area contributed by atoms with Gasteiger partial charge in [0.05, 0.1) is 18.1 Å². The van der Waals surface area contributed by atoms with Crippen LogP contribution in [0.1, 0.15) is 5.56 Å². The molecule has 0 aliphatic heterocycles. The molecule has 20 heavy (non-hydrogen) atoms. The van der Waals surface area contributed by atoms with Crippen LogP contribution in [0.25, 0.3) is 0 Å². The van der Waals surface area contributed by atoms with Gasteiger partial charge in [-0.05, 0) is 0 Å². The van der Waals surface area contributed by atoms with Gasteiger partial charge in [-0.15, -0.1) is 0 Å². The van der Waals surface area contributed by atoms with Crippen molar-refractivity contribution in [2.45, 2.75) is 6.54 Å². The molecule has 0 aliphatic carbocycles. The number of amides is 1. The van der Waals surface area contributed by atoms with Crippen LogP contribution in [-0.4, -0.2) is 37.6 Å². The van der Waals surface area contributed by atoms with E-state index >= 15 is 0 Å². The van der Waals surface area contributed by atoms with E-state index in [0.717, 1.165) is 6.07 Å². The third kappa shape index (κ3) is 4.90. The van der Waals surface area contributed by atoms with E-state index in [1.54, 1.807) is 0 Å². The predicted molar refractivity (Wildman–Crippen MR) is 69.6 cm³/mol. The first kappa shape index (κ1) is 16.0. The molecule has 0 bridgehead atoms. The minimum atomic E-state index is -0.884. The Labute approximate surface area is 115 Å². The topological polar surface area (TPSA) is 93.5 Å². The summed E-state index contributed by atoms with van der Waals surface area (Å²) in [4.78, 5) is 21.1. The Kier molecular flexibility index (Phi) is 6.54. The van der Waals surface area contributed by atoms with Gasteiger partial charge in [0.25, 0.3) is 0 Å². The summed E-state index contributed by atoms with van der Waals surface area (Å²) < 4.78 is 18.5. The highest BCUT2D eigenvalue weighted by Crippen LogP contribution is 2.19. The summed E-state index contributed by atoms with van der Waals surface area (Å²) in [6.07, 6.45) is 0. The fourth-order valence-electron chi connectivity index (χ4n) is 1.51. The summed E-state index contributed by atoms with van der Waals surface area (Å²) in [5.74, 6) is -1.14. The van der Waals surface area contributed by atoms with E-state index in [2.05, 4.69) is 10.6 Å². The van der Waals surface area contributed by atoms with E-state index in [1.165, 1.54) is 19.2 Å². The molecule has 0 radical (unpaired) electrons. The normalized spacial score (nSPS) is 10.3. The van der Waals surface area contributed by atoms with Gasteiger partial charge >= 0.3 is 5.69 Å². The van der Waals surface area contributed by atoms with Gasteiger partial charge in [0, 0.05) is 31.8 Å². The molecule has 0 saturated heterocycles. The highest BCUT2D eigenvalue weighted by Gasteiger charge is 2.16. The lowest BCUT2D eigenvalue weighted by Crippen LogP contribution is -2.35. The molecule has 0 unspecified atom stereocenters. The summed E-state index contributed by atoms with van der Waals surface area (Å²) in [6, 6.07) is 3.92. The van der Waals surface area contributed by atoms with Crippen LogP contribution < -0.4 is 10.6 Å². The molecule has 110 valence electrons. The van der Waals surface area contributed by atoms with Crippen LogP contribution in [0, 0.1) is 15.9 Å². The highest BCUT2D eigenvalue weighted by molar-refractivity contribution is 5.77. The minimum absolute atomic E-state index is 0.00809. The van der Waals surface area contributed by atoms with Crippen LogP contribution in [0.15, 0.2) is 18.2 Å². The number of nitro groups is 1. The Hall–Kier alpha value is -2.06. The average Bonchev–Trinajstić information content (AvgIpc) is 2.40. The van der Waals surface area contributed by atoms with Crippen molar-refractivity contribution in [2.75, 3.05) is 26.8 Å². The molecule has 1 aromatic carbocycles. The van der Waals surface area contributed by atoms with Crippen LogP contribution in [0.3, 0.4) is 0 Å². The molecule has 0 spiro atoms. The summed E-state index contributed by atoms with van der Waals surface area (Å²) in [7, 11) is 1.52. The Morgan fingerprint density at radius 2 is 2.25 bits per heavy atom. The zero-order chi connectivity index (χ0) is 15.0. The number of methoxy groups -OCH3 is 1. The molecular formula is C12H16FN3O4. The third-order valence-electron chi connectivity index (χ3n) is 2.48. The van der Waals surface area contributed by atoms with Gasteiger partial charge in [0.1, 0.15) is 0 Å². The maximum atomic E-state index is 13.7. The van der Waals surface area contributed by atoms with Crippen molar-refractivity contribution in [2.24, 2.45) is 0 Å². The Morgan fingerprint density at radius 3 is 2.90 bits per heavy atom. The average molecular weight is 285 g/mol. The number of nitrogens with zero attached hydrogens (tertiary/aromatic N) is 1. The van der Waals surface area contributed by atoms with Crippen molar-refractivity contribution in [1.29, 1.82) is 0 Å². The Balaban J connectivity index is 2.44. The molecule has 7 nitrogen and oxygen atoms in total. The zero-order valence-electron chi connectivity index (χ0n) is 11.0. The van der Waals surface area contributed by atoms with Crippen molar-refractivity contribution in [3.8, 4) is 0 Å². The summed E-state index contributed by atoms with van der Waals surface area (Å²) in [6.45, 7) is 0.824. The fraction of sp³-hybridized carbons (Fsp3) is 0.417. The number of rotatable bonds is 8. The van der Waals surface area contributed by atoms with Crippen LogP contribution in [0.5, 0.6) is 0 Å². The maximum Gasteiger partial charge on any atom is 0.305 e. The minimum Gasteiger partial charge on any atom is -0.383 e. The second kappa shape index (κ2) is 8.18. The molecular weight excluding hydrogens is 269 g/mol. The number of ether oxygens (including phenoxy) is 1. The Bertz CT molecular complexity index is 482. The Morgan fingerprint density at radius 1 is 1.50 bits per heavy atom. The van der Waals surface area contributed by atoms with Gasteiger partial charge in [-0.25, -0.2) is 0 Å². The molecule has 0 fully saturated rings. The van der Waals surface area contributed by atoms with E-state index in [-0.39, 0.29) is 24.6 Å². The number of carbonyl (C=O) groups excluding carboxylic acids is 1. The molecule has 0 aliphatic rings. The number of hydrogen-bond acceptors (Lipinski definition) is 5. The standard InChI is InChI=1S/C12H16FN3O4/c1-20-6-5-15-11(17)8-14-7-9-3-2-4-10(12(9)13)16(18)19/h2-4,14H,5-8H2,1H3,(H,15,17). The van der Waals surface area contributed by atoms with E-state index in [9.17, 15) is 19.3 Å². The molecule has 0 saturated carbocycles. The van der Waals surface area contributed by atoms with Crippen LogP contribution in [0.4, 0.5) is 10.1 Å². The first-order valence-corrected chi connectivity index (χ1v) is 5.94. The van der Waals surface area contributed by atoms with Crippen molar-refractivity contribution >= 4 is 11.6 Å². The number of hydrogen-bond donors (Lipinski definition) is 2. The largest absolute Gasteiger partial charge is 0.383 e. The SMILES string of the molecule is COCCNC(=O)CNCc1cccc([N+](=O)[O-])c1F. The van der Waals surface area contributed by atoms with E-state index < -0.39 is 16.4 Å². The zero-order valence-corrected chi connectivity index (χ0v) is 11.0. The van der Waals surface area contributed by atoms with Crippen molar-refractivity contribution in [3.63, 3.8) is 0 Å². The number of carbonyl (C=O) groups is 1. The second-order valence-corrected chi connectivity index (χ2v) is 3.95. The lowest BCUT2D eigenvalue weighted by molar-refractivity contribution is -0.387. The van der Waals surface area contributed by atoms with Crippen molar-refractivity contribution < 1.29 is 18.8 Å². The lowest BCUT2D eigenvalue weighted by Gasteiger charge is -2.07. The monoisotopic (exact) mass is 285 g/mol. The molecule has 2 N–H and O–H groups in total. The van der Waals surface area contributed by atoms with Gasteiger partial charge in [0.15, 0.2) is 0 Å². The van der Waals surface area contributed by atoms with Crippen LogP contribution in [-0.2, 0) is 16.1 Å². The molecule has 1 amide bonds. The molecule has 0 heterocycles. The molecule has 1 rings (SSSR count). The predicted octanol–water partition coefficient (Wildman–Crippen LogP) is 0.586. The number of halogens is 1. The molecule has 1 aromatic rings. The number of nitro benzene ring substituents is 1. The quantitative estimate of drug-likeness (QED) is 0.414. The number of benzene rings is 1. The maximum absolute atomic E-state index is 13.7. The third-order valence-corrected chi connectivity index (χ3v) is 2.48. The first-order chi connectivity index (χ1) is 9.56. The van der Waals surface area contributed by atoms with E-state index in [1.807, 2.05) is 0 Å². The van der Waals surface area contributed by atoms with Gasteiger partial charge in [0.2, 0.25) is 11.7 Å². The van der Waals surface area contributed by atoms with Crippen LogP contribution in [0.2, 0.25) is 0 Å².